The van der Waals surface area contributed by atoms with Gasteiger partial charge in [-0.15, -0.1) is 0 Å². The van der Waals surface area contributed by atoms with Crippen LogP contribution in [0.1, 0.15) is 51.4 Å². The van der Waals surface area contributed by atoms with Crippen LogP contribution in [0, 0.1) is 0 Å². The van der Waals surface area contributed by atoms with Crippen LogP contribution in [-0.2, 0) is 20.4 Å². The number of rotatable bonds is 6. The second kappa shape index (κ2) is 15.1. The van der Waals surface area contributed by atoms with Gasteiger partial charge >= 0.3 is 0 Å². The Morgan fingerprint density at radius 1 is 0.351 bits per heavy atom. The van der Waals surface area contributed by atoms with Gasteiger partial charge in [0.25, 0.3) is 0 Å². The Bertz CT molecular complexity index is 966. The minimum atomic E-state index is -0.152. The molecule has 0 bridgehead atoms. The summed E-state index contributed by atoms with van der Waals surface area (Å²) >= 11 is 0. The first-order valence-corrected chi connectivity index (χ1v) is 16.5. The fourth-order valence-corrected chi connectivity index (χ4v) is 11.8. The zero-order valence-electron chi connectivity index (χ0n) is 21.6. The summed E-state index contributed by atoms with van der Waals surface area (Å²) in [5.41, 5.74) is 1.79. The van der Waals surface area contributed by atoms with E-state index in [9.17, 15) is 0 Å². The first kappa shape index (κ1) is 28.4. The van der Waals surface area contributed by atoms with Gasteiger partial charge in [0.2, 0.25) is 0 Å². The molecule has 0 N–H and O–H groups in total. The van der Waals surface area contributed by atoms with Crippen molar-refractivity contribution < 1.29 is 20.4 Å². The summed E-state index contributed by atoms with van der Waals surface area (Å²) in [6.07, 6.45) is 11.3. The molecule has 3 heteroatoms. The van der Waals surface area contributed by atoms with Gasteiger partial charge in [0.05, 0.1) is 0 Å². The van der Waals surface area contributed by atoms with E-state index in [2.05, 4.69) is 121 Å². The van der Waals surface area contributed by atoms with E-state index in [0.29, 0.717) is 0 Å². The Balaban J connectivity index is 0.000000168. The van der Waals surface area contributed by atoms with Crippen LogP contribution >= 0.6 is 15.8 Å². The molecule has 0 radical (unpaired) electrons. The predicted octanol–water partition coefficient (Wildman–Crippen LogP) is 8.12. The van der Waals surface area contributed by atoms with Crippen LogP contribution in [0.5, 0.6) is 0 Å². The predicted molar refractivity (Wildman–Crippen MR) is 163 cm³/mol. The number of benzene rings is 4. The maximum absolute atomic E-state index is 2.32. The van der Waals surface area contributed by atoms with Crippen LogP contribution in [0.4, 0.5) is 0 Å². The molecule has 2 fully saturated rings. The number of hydrogen-bond acceptors (Lipinski definition) is 0. The quantitative estimate of drug-likeness (QED) is 0.152. The molecule has 37 heavy (non-hydrogen) atoms. The molecule has 2 aliphatic carbocycles. The second-order valence-corrected chi connectivity index (χ2v) is 15.0. The molecule has 0 nitrogen and oxygen atoms in total. The van der Waals surface area contributed by atoms with Crippen LogP contribution in [0.2, 0.25) is 0 Å². The van der Waals surface area contributed by atoms with Gasteiger partial charge in [-0.2, -0.15) is 0 Å². The molecular formula is C34H38P2Pd. The summed E-state index contributed by atoms with van der Waals surface area (Å²) in [7, 11) is -0.304. The van der Waals surface area contributed by atoms with Crippen molar-refractivity contribution in [3.63, 3.8) is 0 Å². The largest absolute Gasteiger partial charge is 0.0622 e. The monoisotopic (exact) mass is 614 g/mol. The first-order chi connectivity index (χ1) is 17.9. The summed E-state index contributed by atoms with van der Waals surface area (Å²) in [6, 6.07) is 44.5. The van der Waals surface area contributed by atoms with E-state index in [1.165, 1.54) is 51.4 Å². The van der Waals surface area contributed by atoms with Crippen LogP contribution in [0.15, 0.2) is 121 Å². The maximum atomic E-state index is 2.32. The molecule has 0 atom stereocenters. The molecule has 2 saturated carbocycles. The normalized spacial score (nSPS) is 15.8. The van der Waals surface area contributed by atoms with Gasteiger partial charge in [0, 0.05) is 20.4 Å². The van der Waals surface area contributed by atoms with Gasteiger partial charge in [0.1, 0.15) is 0 Å². The fraction of sp³-hybridized carbons (Fsp3) is 0.294. The zero-order valence-corrected chi connectivity index (χ0v) is 24.9. The summed E-state index contributed by atoms with van der Waals surface area (Å²) in [4.78, 5) is 0. The molecule has 0 heterocycles. The summed E-state index contributed by atoms with van der Waals surface area (Å²) < 4.78 is 0. The van der Waals surface area contributed by atoms with Crippen molar-refractivity contribution in [2.75, 3.05) is 0 Å². The minimum Gasteiger partial charge on any atom is -0.0622 e. The zero-order chi connectivity index (χ0) is 24.4. The molecule has 4 aromatic carbocycles. The van der Waals surface area contributed by atoms with E-state index in [1.807, 2.05) is 0 Å². The van der Waals surface area contributed by atoms with Crippen molar-refractivity contribution in [1.82, 2.24) is 0 Å². The van der Waals surface area contributed by atoms with Gasteiger partial charge in [-0.05, 0) is 74.1 Å². The van der Waals surface area contributed by atoms with Crippen LogP contribution in [0.25, 0.3) is 0 Å². The van der Waals surface area contributed by atoms with Gasteiger partial charge in [-0.25, -0.2) is 0 Å². The molecule has 4 aromatic rings. The summed E-state index contributed by atoms with van der Waals surface area (Å²) in [5, 5.41) is 6.19. The molecule has 0 aromatic heterocycles. The smallest absolute Gasteiger partial charge is 0 e. The topological polar surface area (TPSA) is 0 Å². The van der Waals surface area contributed by atoms with Crippen molar-refractivity contribution in [2.45, 2.75) is 62.7 Å². The van der Waals surface area contributed by atoms with E-state index < -0.39 is 0 Å². The fourth-order valence-electron chi connectivity index (χ4n) is 5.82. The van der Waals surface area contributed by atoms with Crippen LogP contribution in [0.3, 0.4) is 0 Å². The maximum Gasteiger partial charge on any atom is 0 e. The third kappa shape index (κ3) is 7.72. The standard InChI is InChI=1S/2C17H19P.Pd/c2*1-3-9-15(10-4-1)18(17-13-7-8-14-17)16-11-5-2-6-12-16;/h2*1-6,9-12,17H,7-8,13-14H2;. The van der Waals surface area contributed by atoms with E-state index in [4.69, 9.17) is 0 Å². The molecular weight excluding hydrogens is 577 g/mol. The molecule has 0 aliphatic heterocycles. The Hall–Kier alpha value is -1.60. The van der Waals surface area contributed by atoms with Gasteiger partial charge in [-0.3, -0.25) is 0 Å². The first-order valence-electron chi connectivity index (χ1n) is 13.7. The summed E-state index contributed by atoms with van der Waals surface area (Å²) in [6.45, 7) is 0. The molecule has 6 rings (SSSR count). The Morgan fingerprint density at radius 3 is 0.784 bits per heavy atom. The Kier molecular flexibility index (Phi) is 11.6. The average molecular weight is 615 g/mol. The van der Waals surface area contributed by atoms with Crippen molar-refractivity contribution >= 4 is 37.1 Å². The van der Waals surface area contributed by atoms with E-state index in [1.54, 1.807) is 21.2 Å². The molecule has 0 saturated heterocycles. The van der Waals surface area contributed by atoms with Crippen LogP contribution in [-0.4, -0.2) is 11.3 Å². The molecule has 2 aliphatic rings. The van der Waals surface area contributed by atoms with E-state index >= 15 is 0 Å². The van der Waals surface area contributed by atoms with Crippen molar-refractivity contribution in [2.24, 2.45) is 0 Å². The van der Waals surface area contributed by atoms with Gasteiger partial charge in [-0.1, -0.05) is 147 Å². The Labute approximate surface area is 240 Å². The molecule has 0 spiro atoms. The van der Waals surface area contributed by atoms with E-state index in [-0.39, 0.29) is 36.3 Å². The van der Waals surface area contributed by atoms with Crippen LogP contribution < -0.4 is 21.2 Å². The number of hydrogen-bond donors (Lipinski definition) is 0. The average Bonchev–Trinajstić information content (AvgIpc) is 3.68. The molecule has 194 valence electrons. The van der Waals surface area contributed by atoms with Crippen molar-refractivity contribution in [3.05, 3.63) is 121 Å². The SMILES string of the molecule is [Pd].c1ccc(P(c2ccccc2)C2CCCC2)cc1.c1ccc(P(c2ccccc2)C2CCCC2)cc1. The van der Waals surface area contributed by atoms with Gasteiger partial charge < -0.3 is 0 Å². The molecule has 0 unspecified atom stereocenters. The second-order valence-electron chi connectivity index (χ2n) is 9.96. The van der Waals surface area contributed by atoms with E-state index in [0.717, 1.165) is 11.3 Å². The van der Waals surface area contributed by atoms with Gasteiger partial charge in [0.15, 0.2) is 0 Å². The van der Waals surface area contributed by atoms with Crippen molar-refractivity contribution in [3.8, 4) is 0 Å². The van der Waals surface area contributed by atoms with Crippen molar-refractivity contribution in [1.29, 1.82) is 0 Å². The Morgan fingerprint density at radius 2 is 0.568 bits per heavy atom. The molecule has 0 amide bonds. The minimum absolute atomic E-state index is 0. The third-order valence-corrected chi connectivity index (χ3v) is 13.4. The summed E-state index contributed by atoms with van der Waals surface area (Å²) in [5.74, 6) is 0. The third-order valence-electron chi connectivity index (χ3n) is 7.52.